The van der Waals surface area contributed by atoms with Crippen molar-refractivity contribution < 1.29 is 9.53 Å². The molecular weight excluding hydrogens is 344 g/mol. The Bertz CT molecular complexity index is 976. The molecule has 5 nitrogen and oxygen atoms in total. The van der Waals surface area contributed by atoms with E-state index in [-0.39, 0.29) is 11.5 Å². The maximum absolute atomic E-state index is 12.3. The zero-order valence-electron chi connectivity index (χ0n) is 13.5. The molecule has 1 aromatic carbocycles. The number of hydrogen-bond acceptors (Lipinski definition) is 6. The molecule has 0 saturated heterocycles. The summed E-state index contributed by atoms with van der Waals surface area (Å²) < 4.78 is 4.73. The predicted octanol–water partition coefficient (Wildman–Crippen LogP) is 3.68. The lowest BCUT2D eigenvalue weighted by Gasteiger charge is -2.04. The number of hydrogen-bond donors (Lipinski definition) is 1. The van der Waals surface area contributed by atoms with Crippen molar-refractivity contribution in [3.8, 4) is 0 Å². The second kappa shape index (κ2) is 6.78. The van der Waals surface area contributed by atoms with Gasteiger partial charge in [0.25, 0.3) is 5.56 Å². The fraction of sp³-hybridized carbons (Fsp3) is 0.235. The van der Waals surface area contributed by atoms with Gasteiger partial charge in [0.1, 0.15) is 4.83 Å². The van der Waals surface area contributed by atoms with Gasteiger partial charge in [0.15, 0.2) is 5.16 Å². The molecule has 0 unspecified atom stereocenters. The third-order valence-corrected chi connectivity index (χ3v) is 5.79. The van der Waals surface area contributed by atoms with Gasteiger partial charge in [-0.05, 0) is 37.1 Å². The average molecular weight is 360 g/mol. The van der Waals surface area contributed by atoms with E-state index in [1.54, 1.807) is 12.1 Å². The minimum atomic E-state index is -0.362. The van der Waals surface area contributed by atoms with Crippen molar-refractivity contribution >= 4 is 39.3 Å². The highest BCUT2D eigenvalue weighted by molar-refractivity contribution is 7.98. The van der Waals surface area contributed by atoms with Crippen LogP contribution in [-0.4, -0.2) is 23.0 Å². The minimum absolute atomic E-state index is 0.104. The van der Waals surface area contributed by atoms with Crippen molar-refractivity contribution in [3.05, 3.63) is 56.2 Å². The second-order valence-corrected chi connectivity index (χ2v) is 7.48. The molecule has 0 fully saturated rings. The van der Waals surface area contributed by atoms with E-state index in [0.717, 1.165) is 20.8 Å². The molecule has 124 valence electrons. The van der Waals surface area contributed by atoms with Crippen molar-refractivity contribution in [1.82, 2.24) is 9.97 Å². The van der Waals surface area contributed by atoms with Crippen molar-refractivity contribution in [3.63, 3.8) is 0 Å². The van der Waals surface area contributed by atoms with Gasteiger partial charge in [-0.1, -0.05) is 23.9 Å². The van der Waals surface area contributed by atoms with E-state index in [2.05, 4.69) is 9.97 Å². The zero-order chi connectivity index (χ0) is 17.3. The van der Waals surface area contributed by atoms with Crippen molar-refractivity contribution in [2.45, 2.75) is 24.8 Å². The highest BCUT2D eigenvalue weighted by Gasteiger charge is 2.12. The fourth-order valence-electron chi connectivity index (χ4n) is 2.36. The summed E-state index contributed by atoms with van der Waals surface area (Å²) in [6.07, 6.45) is 0. The number of carbonyl (C=O) groups is 1. The Morgan fingerprint density at radius 3 is 2.92 bits per heavy atom. The summed E-state index contributed by atoms with van der Waals surface area (Å²) in [5.41, 5.74) is 2.36. The Hall–Kier alpha value is -2.12. The summed E-state index contributed by atoms with van der Waals surface area (Å²) in [5, 5.41) is 1.26. The molecule has 0 saturated carbocycles. The van der Waals surface area contributed by atoms with Crippen LogP contribution in [0.2, 0.25) is 0 Å². The topological polar surface area (TPSA) is 72.0 Å². The van der Waals surface area contributed by atoms with Crippen LogP contribution in [0.25, 0.3) is 10.2 Å². The van der Waals surface area contributed by atoms with Crippen LogP contribution >= 0.6 is 23.1 Å². The fourth-order valence-corrected chi connectivity index (χ4v) is 4.25. The summed E-state index contributed by atoms with van der Waals surface area (Å²) in [4.78, 5) is 33.1. The molecule has 0 aliphatic carbocycles. The largest absolute Gasteiger partial charge is 0.465 e. The van der Waals surface area contributed by atoms with Crippen molar-refractivity contribution in [2.75, 3.05) is 7.11 Å². The van der Waals surface area contributed by atoms with Gasteiger partial charge in [-0.2, -0.15) is 0 Å². The van der Waals surface area contributed by atoms with E-state index < -0.39 is 0 Å². The molecule has 2 aromatic heterocycles. The van der Waals surface area contributed by atoms with Crippen LogP contribution in [0.4, 0.5) is 0 Å². The van der Waals surface area contributed by atoms with Crippen LogP contribution in [0.1, 0.15) is 26.4 Å². The standard InChI is InChI=1S/C17H16N2O3S2/c1-9-10(2)24-15-13(9)14(20)18-17(19-15)23-8-11-5-4-6-12(7-11)16(21)22-3/h4-7H,8H2,1-3H3,(H,18,19,20). The predicted molar refractivity (Wildman–Crippen MR) is 97.1 cm³/mol. The molecule has 0 bridgehead atoms. The van der Waals surface area contributed by atoms with Gasteiger partial charge >= 0.3 is 5.97 Å². The van der Waals surface area contributed by atoms with Gasteiger partial charge in [-0.15, -0.1) is 11.3 Å². The van der Waals surface area contributed by atoms with E-state index in [9.17, 15) is 9.59 Å². The summed E-state index contributed by atoms with van der Waals surface area (Å²) in [6.45, 7) is 3.93. The molecule has 0 aliphatic heterocycles. The Labute approximate surface area is 147 Å². The molecule has 0 atom stereocenters. The highest BCUT2D eigenvalue weighted by atomic mass is 32.2. The first kappa shape index (κ1) is 16.7. The van der Waals surface area contributed by atoms with Crippen molar-refractivity contribution in [1.29, 1.82) is 0 Å². The average Bonchev–Trinajstić information content (AvgIpc) is 2.87. The highest BCUT2D eigenvalue weighted by Crippen LogP contribution is 2.28. The third-order valence-electron chi connectivity index (χ3n) is 3.74. The SMILES string of the molecule is COC(=O)c1cccc(CSc2nc3sc(C)c(C)c3c(=O)[nH]2)c1. The van der Waals surface area contributed by atoms with Crippen LogP contribution in [-0.2, 0) is 10.5 Å². The number of thioether (sulfide) groups is 1. The van der Waals surface area contributed by atoms with Gasteiger partial charge in [0.05, 0.1) is 18.1 Å². The zero-order valence-corrected chi connectivity index (χ0v) is 15.1. The normalized spacial score (nSPS) is 11.0. The second-order valence-electron chi connectivity index (χ2n) is 5.32. The third kappa shape index (κ3) is 3.22. The number of benzene rings is 1. The van der Waals surface area contributed by atoms with Crippen LogP contribution in [0.15, 0.2) is 34.2 Å². The van der Waals surface area contributed by atoms with Gasteiger partial charge in [0, 0.05) is 10.6 Å². The quantitative estimate of drug-likeness (QED) is 0.436. The van der Waals surface area contributed by atoms with E-state index in [1.807, 2.05) is 26.0 Å². The monoisotopic (exact) mass is 360 g/mol. The van der Waals surface area contributed by atoms with Crippen molar-refractivity contribution in [2.24, 2.45) is 0 Å². The number of fused-ring (bicyclic) bond motifs is 1. The van der Waals surface area contributed by atoms with Gasteiger partial charge in [-0.25, -0.2) is 9.78 Å². The van der Waals surface area contributed by atoms with Gasteiger partial charge < -0.3 is 9.72 Å². The molecule has 0 aliphatic rings. The Balaban J connectivity index is 1.84. The summed E-state index contributed by atoms with van der Waals surface area (Å²) >= 11 is 2.97. The number of carbonyl (C=O) groups excluding carboxylic acids is 1. The lowest BCUT2D eigenvalue weighted by atomic mass is 10.1. The van der Waals surface area contributed by atoms with E-state index in [4.69, 9.17) is 4.74 Å². The van der Waals surface area contributed by atoms with Crippen LogP contribution in [0.3, 0.4) is 0 Å². The van der Waals surface area contributed by atoms with Crippen LogP contribution < -0.4 is 5.56 Å². The molecule has 0 amide bonds. The first-order valence-corrected chi connectivity index (χ1v) is 9.10. The first-order valence-electron chi connectivity index (χ1n) is 7.29. The minimum Gasteiger partial charge on any atom is -0.465 e. The number of nitrogens with zero attached hydrogens (tertiary/aromatic N) is 1. The summed E-state index contributed by atoms with van der Waals surface area (Å²) in [5.74, 6) is 0.238. The number of nitrogens with one attached hydrogen (secondary N) is 1. The summed E-state index contributed by atoms with van der Waals surface area (Å²) in [7, 11) is 1.36. The van der Waals surface area contributed by atoms with E-state index >= 15 is 0 Å². The lowest BCUT2D eigenvalue weighted by Crippen LogP contribution is -2.08. The van der Waals surface area contributed by atoms with Crippen LogP contribution in [0.5, 0.6) is 0 Å². The molecule has 0 radical (unpaired) electrons. The maximum Gasteiger partial charge on any atom is 0.337 e. The molecular formula is C17H16N2O3S2. The van der Waals surface area contributed by atoms with E-state index in [1.165, 1.54) is 30.2 Å². The number of thiophene rings is 1. The number of methoxy groups -OCH3 is 1. The first-order chi connectivity index (χ1) is 11.5. The Morgan fingerprint density at radius 1 is 1.38 bits per heavy atom. The molecule has 0 spiro atoms. The number of aryl methyl sites for hydroxylation is 2. The number of ether oxygens (including phenoxy) is 1. The Kier molecular flexibility index (Phi) is 4.73. The molecule has 1 N–H and O–H groups in total. The smallest absolute Gasteiger partial charge is 0.337 e. The molecule has 7 heteroatoms. The Morgan fingerprint density at radius 2 is 2.17 bits per heavy atom. The maximum atomic E-state index is 12.3. The van der Waals surface area contributed by atoms with Crippen LogP contribution in [0, 0.1) is 13.8 Å². The molecule has 2 heterocycles. The number of esters is 1. The number of aromatic nitrogens is 2. The molecule has 24 heavy (non-hydrogen) atoms. The van der Waals surface area contributed by atoms with Gasteiger partial charge in [0.2, 0.25) is 0 Å². The summed E-state index contributed by atoms with van der Waals surface area (Å²) in [6, 6.07) is 7.24. The molecule has 3 rings (SSSR count). The van der Waals surface area contributed by atoms with E-state index in [0.29, 0.717) is 21.9 Å². The lowest BCUT2D eigenvalue weighted by molar-refractivity contribution is 0.0600. The van der Waals surface area contributed by atoms with Gasteiger partial charge in [-0.3, -0.25) is 4.79 Å². The molecule has 3 aromatic rings. The number of aromatic amines is 1. The number of rotatable bonds is 4. The number of H-pyrrole nitrogens is 1.